The molecule has 212 valence electrons. The third kappa shape index (κ3) is 8.23. The third-order valence-corrected chi connectivity index (χ3v) is 5.62. The van der Waals surface area contributed by atoms with Crippen LogP contribution in [0, 0.1) is 0 Å². The molecule has 0 saturated heterocycles. The van der Waals surface area contributed by atoms with Gasteiger partial charge in [0.2, 0.25) is 0 Å². The number of anilines is 2. The second-order valence-electron chi connectivity index (χ2n) is 8.70. The fourth-order valence-electron chi connectivity index (χ4n) is 3.48. The summed E-state index contributed by atoms with van der Waals surface area (Å²) in [7, 11) is 0. The van der Waals surface area contributed by atoms with Crippen LogP contribution in [0.4, 0.5) is 11.4 Å². The second kappa shape index (κ2) is 13.8. The standard InChI is InChI=1S/C30H26N6O6/c1-19(21-7-3-9-23(17-21)31-29(39)25-11-5-15-41-25)33-35-27(37)13-14-28(38)36-34-20(2)22-8-4-10-24(18-22)32-30(40)26-12-6-16-42-26/h3-18H,1-2H3,(H,31,39)(H,32,40)(H,35,37)(H,36,38)/b14-13+,33-19+,34-20+. The molecule has 0 radical (unpaired) electrons. The van der Waals surface area contributed by atoms with Gasteiger partial charge in [0.05, 0.1) is 23.9 Å². The lowest BCUT2D eigenvalue weighted by Gasteiger charge is -2.06. The highest BCUT2D eigenvalue weighted by molar-refractivity contribution is 6.06. The largest absolute Gasteiger partial charge is 0.459 e. The van der Waals surface area contributed by atoms with Crippen LogP contribution in [-0.4, -0.2) is 35.1 Å². The lowest BCUT2D eigenvalue weighted by Crippen LogP contribution is -2.20. The molecule has 2 aromatic carbocycles. The molecule has 4 amide bonds. The zero-order valence-electron chi connectivity index (χ0n) is 22.6. The lowest BCUT2D eigenvalue weighted by molar-refractivity contribution is -0.118. The molecule has 2 aromatic heterocycles. The van der Waals surface area contributed by atoms with Gasteiger partial charge in [-0.3, -0.25) is 19.2 Å². The van der Waals surface area contributed by atoms with Crippen molar-refractivity contribution in [2.75, 3.05) is 10.6 Å². The zero-order chi connectivity index (χ0) is 29.9. The third-order valence-electron chi connectivity index (χ3n) is 5.62. The molecule has 0 spiro atoms. The average molecular weight is 567 g/mol. The van der Waals surface area contributed by atoms with Gasteiger partial charge in [0, 0.05) is 23.5 Å². The molecule has 4 N–H and O–H groups in total. The molecule has 0 aliphatic heterocycles. The first-order valence-electron chi connectivity index (χ1n) is 12.6. The summed E-state index contributed by atoms with van der Waals surface area (Å²) in [4.78, 5) is 48.7. The summed E-state index contributed by atoms with van der Waals surface area (Å²) in [5, 5.41) is 13.5. The minimum absolute atomic E-state index is 0.177. The van der Waals surface area contributed by atoms with Crippen LogP contribution in [0.15, 0.2) is 117 Å². The van der Waals surface area contributed by atoms with Crippen LogP contribution < -0.4 is 21.5 Å². The van der Waals surface area contributed by atoms with Crippen molar-refractivity contribution in [3.63, 3.8) is 0 Å². The van der Waals surface area contributed by atoms with Crippen LogP contribution in [0.5, 0.6) is 0 Å². The number of benzene rings is 2. The van der Waals surface area contributed by atoms with Gasteiger partial charge in [-0.05, 0) is 73.5 Å². The number of carbonyl (C=O) groups excluding carboxylic acids is 4. The van der Waals surface area contributed by atoms with Crippen LogP contribution in [-0.2, 0) is 9.59 Å². The van der Waals surface area contributed by atoms with E-state index in [0.717, 1.165) is 12.2 Å². The van der Waals surface area contributed by atoms with Crippen molar-refractivity contribution in [1.29, 1.82) is 0 Å². The van der Waals surface area contributed by atoms with Gasteiger partial charge in [-0.1, -0.05) is 24.3 Å². The molecule has 0 fully saturated rings. The number of amides is 4. The van der Waals surface area contributed by atoms with Gasteiger partial charge in [0.25, 0.3) is 23.6 Å². The molecule has 0 aliphatic rings. The highest BCUT2D eigenvalue weighted by Gasteiger charge is 2.11. The van der Waals surface area contributed by atoms with E-state index in [1.54, 1.807) is 86.6 Å². The number of hydrogen-bond acceptors (Lipinski definition) is 8. The van der Waals surface area contributed by atoms with Gasteiger partial charge in [0.1, 0.15) is 0 Å². The molecule has 0 aliphatic carbocycles. The molecule has 4 rings (SSSR count). The Balaban J connectivity index is 1.27. The highest BCUT2D eigenvalue weighted by atomic mass is 16.3. The van der Waals surface area contributed by atoms with Gasteiger partial charge in [-0.2, -0.15) is 10.2 Å². The summed E-state index contributed by atoms with van der Waals surface area (Å²) in [6.07, 6.45) is 4.85. The molecule has 0 saturated carbocycles. The molecule has 0 bridgehead atoms. The van der Waals surface area contributed by atoms with E-state index in [-0.39, 0.29) is 11.5 Å². The van der Waals surface area contributed by atoms with Gasteiger partial charge in [0.15, 0.2) is 11.5 Å². The van der Waals surface area contributed by atoms with Gasteiger partial charge >= 0.3 is 0 Å². The molecule has 42 heavy (non-hydrogen) atoms. The maximum absolute atomic E-state index is 12.2. The summed E-state index contributed by atoms with van der Waals surface area (Å²) < 4.78 is 10.2. The minimum atomic E-state index is -0.632. The van der Waals surface area contributed by atoms with Crippen molar-refractivity contribution in [2.24, 2.45) is 10.2 Å². The van der Waals surface area contributed by atoms with Crippen molar-refractivity contribution in [1.82, 2.24) is 10.9 Å². The number of hydrogen-bond donors (Lipinski definition) is 4. The molecular weight excluding hydrogens is 540 g/mol. The first-order chi connectivity index (χ1) is 20.3. The van der Waals surface area contributed by atoms with Gasteiger partial charge in [-0.25, -0.2) is 10.9 Å². The highest BCUT2D eigenvalue weighted by Crippen LogP contribution is 2.15. The fraction of sp³-hybridized carbons (Fsp3) is 0.0667. The Hall–Kier alpha value is -6.04. The number of nitrogens with zero attached hydrogens (tertiary/aromatic N) is 2. The first kappa shape index (κ1) is 29.0. The van der Waals surface area contributed by atoms with E-state index in [4.69, 9.17) is 8.83 Å². The fourth-order valence-corrected chi connectivity index (χ4v) is 3.48. The number of hydrazone groups is 2. The van der Waals surface area contributed by atoms with E-state index < -0.39 is 23.6 Å². The summed E-state index contributed by atoms with van der Waals surface area (Å²) in [6, 6.07) is 20.1. The van der Waals surface area contributed by atoms with Crippen molar-refractivity contribution in [3.8, 4) is 0 Å². The van der Waals surface area contributed by atoms with E-state index >= 15 is 0 Å². The Morgan fingerprint density at radius 2 is 1.05 bits per heavy atom. The molecule has 0 unspecified atom stereocenters. The van der Waals surface area contributed by atoms with E-state index in [9.17, 15) is 19.2 Å². The van der Waals surface area contributed by atoms with E-state index in [1.165, 1.54) is 12.5 Å². The van der Waals surface area contributed by atoms with Crippen molar-refractivity contribution >= 4 is 46.4 Å². The normalized spacial score (nSPS) is 11.7. The molecule has 12 heteroatoms. The number of carbonyl (C=O) groups is 4. The molecular formula is C30H26N6O6. The van der Waals surface area contributed by atoms with Gasteiger partial charge in [-0.15, -0.1) is 0 Å². The van der Waals surface area contributed by atoms with Gasteiger partial charge < -0.3 is 19.5 Å². The minimum Gasteiger partial charge on any atom is -0.459 e. The summed E-state index contributed by atoms with van der Waals surface area (Å²) >= 11 is 0. The Kier molecular flexibility index (Phi) is 9.55. The van der Waals surface area contributed by atoms with Crippen molar-refractivity contribution in [2.45, 2.75) is 13.8 Å². The van der Waals surface area contributed by atoms with E-state index in [1.807, 2.05) is 0 Å². The number of rotatable bonds is 10. The predicted octanol–water partition coefficient (Wildman–Crippen LogP) is 4.31. The summed E-state index contributed by atoms with van der Waals surface area (Å²) in [6.45, 7) is 3.36. The van der Waals surface area contributed by atoms with Crippen molar-refractivity contribution < 1.29 is 28.0 Å². The lowest BCUT2D eigenvalue weighted by atomic mass is 10.1. The maximum Gasteiger partial charge on any atom is 0.291 e. The predicted molar refractivity (Wildman–Crippen MR) is 156 cm³/mol. The molecule has 2 heterocycles. The van der Waals surface area contributed by atoms with Crippen LogP contribution in [0.2, 0.25) is 0 Å². The molecule has 4 aromatic rings. The Bertz CT molecular complexity index is 1550. The van der Waals surface area contributed by atoms with Crippen LogP contribution in [0.3, 0.4) is 0 Å². The second-order valence-corrected chi connectivity index (χ2v) is 8.70. The Morgan fingerprint density at radius 1 is 0.619 bits per heavy atom. The Morgan fingerprint density at radius 3 is 1.43 bits per heavy atom. The van der Waals surface area contributed by atoms with Crippen molar-refractivity contribution in [3.05, 3.63) is 120 Å². The Labute approximate surface area is 240 Å². The number of furan rings is 2. The van der Waals surface area contributed by atoms with Crippen LogP contribution >= 0.6 is 0 Å². The molecule has 0 atom stereocenters. The first-order valence-corrected chi connectivity index (χ1v) is 12.6. The smallest absolute Gasteiger partial charge is 0.291 e. The van der Waals surface area contributed by atoms with E-state index in [2.05, 4.69) is 31.7 Å². The topological polar surface area (TPSA) is 167 Å². The SMILES string of the molecule is C/C(=N\NC(=O)/C=C/C(=O)N/N=C(\C)c1cccc(NC(=O)c2ccco2)c1)c1cccc(NC(=O)c2ccco2)c1. The average Bonchev–Trinajstić information content (AvgIpc) is 3.73. The zero-order valence-corrected chi connectivity index (χ0v) is 22.6. The monoisotopic (exact) mass is 566 g/mol. The quantitative estimate of drug-likeness (QED) is 0.127. The van der Waals surface area contributed by atoms with E-state index in [0.29, 0.717) is 33.9 Å². The van der Waals surface area contributed by atoms with Crippen LogP contribution in [0.1, 0.15) is 46.1 Å². The van der Waals surface area contributed by atoms with Crippen LogP contribution in [0.25, 0.3) is 0 Å². The molecule has 12 nitrogen and oxygen atoms in total. The number of nitrogens with one attached hydrogen (secondary N) is 4. The summed E-state index contributed by atoms with van der Waals surface area (Å²) in [5.41, 5.74) is 7.98. The maximum atomic E-state index is 12.2. The summed E-state index contributed by atoms with van der Waals surface area (Å²) in [5.74, 6) is -1.70.